The maximum absolute atomic E-state index is 9.45. The van der Waals surface area contributed by atoms with Gasteiger partial charge in [-0.25, -0.2) is 0 Å². The molecule has 13 heavy (non-hydrogen) atoms. The standard InChI is InChI=1S/C12H22O/c1-2-6-12(13)10-5-9-11-7-3-4-8-11/h2,11-13H,1,3-10H2. The topological polar surface area (TPSA) is 20.2 Å². The Morgan fingerprint density at radius 3 is 2.69 bits per heavy atom. The molecule has 0 aromatic heterocycles. The van der Waals surface area contributed by atoms with Gasteiger partial charge < -0.3 is 5.11 Å². The molecule has 0 saturated heterocycles. The quantitative estimate of drug-likeness (QED) is 0.625. The molecule has 0 aromatic carbocycles. The van der Waals surface area contributed by atoms with Crippen molar-refractivity contribution in [3.63, 3.8) is 0 Å². The smallest absolute Gasteiger partial charge is 0.0574 e. The van der Waals surface area contributed by atoms with E-state index in [2.05, 4.69) is 6.58 Å². The summed E-state index contributed by atoms with van der Waals surface area (Å²) in [5.41, 5.74) is 0. The summed E-state index contributed by atoms with van der Waals surface area (Å²) >= 11 is 0. The second kappa shape index (κ2) is 6.20. The van der Waals surface area contributed by atoms with Gasteiger partial charge >= 0.3 is 0 Å². The van der Waals surface area contributed by atoms with E-state index in [-0.39, 0.29) is 6.10 Å². The zero-order valence-electron chi connectivity index (χ0n) is 8.54. The van der Waals surface area contributed by atoms with Gasteiger partial charge in [0.25, 0.3) is 0 Å². The summed E-state index contributed by atoms with van der Waals surface area (Å²) in [4.78, 5) is 0. The Balaban J connectivity index is 1.96. The first kappa shape index (κ1) is 10.8. The van der Waals surface area contributed by atoms with E-state index < -0.39 is 0 Å². The van der Waals surface area contributed by atoms with Crippen LogP contribution in [0, 0.1) is 5.92 Å². The summed E-state index contributed by atoms with van der Waals surface area (Å²) in [6.45, 7) is 3.63. The number of aliphatic hydroxyl groups excluding tert-OH is 1. The third kappa shape index (κ3) is 4.47. The van der Waals surface area contributed by atoms with Crippen molar-refractivity contribution < 1.29 is 5.11 Å². The fraction of sp³-hybridized carbons (Fsp3) is 0.833. The molecular formula is C12H22O. The average Bonchev–Trinajstić information content (AvgIpc) is 2.57. The van der Waals surface area contributed by atoms with Crippen molar-refractivity contribution >= 4 is 0 Å². The molecule has 0 bridgehead atoms. The van der Waals surface area contributed by atoms with E-state index in [1.807, 2.05) is 0 Å². The van der Waals surface area contributed by atoms with E-state index in [1.165, 1.54) is 38.5 Å². The van der Waals surface area contributed by atoms with Gasteiger partial charge in [-0.05, 0) is 18.8 Å². The molecule has 0 aromatic rings. The van der Waals surface area contributed by atoms with Crippen LogP contribution in [0.1, 0.15) is 51.4 Å². The van der Waals surface area contributed by atoms with Gasteiger partial charge in [0, 0.05) is 0 Å². The Morgan fingerprint density at radius 1 is 1.38 bits per heavy atom. The van der Waals surface area contributed by atoms with E-state index in [0.29, 0.717) is 0 Å². The third-order valence-corrected chi connectivity index (χ3v) is 3.06. The van der Waals surface area contributed by atoms with Gasteiger partial charge in [0.1, 0.15) is 0 Å². The summed E-state index contributed by atoms with van der Waals surface area (Å²) in [5.74, 6) is 0.968. The number of rotatable bonds is 6. The van der Waals surface area contributed by atoms with Crippen LogP contribution in [0.15, 0.2) is 12.7 Å². The van der Waals surface area contributed by atoms with Crippen LogP contribution in [0.25, 0.3) is 0 Å². The van der Waals surface area contributed by atoms with Crippen LogP contribution in [0.5, 0.6) is 0 Å². The van der Waals surface area contributed by atoms with Crippen molar-refractivity contribution in [2.24, 2.45) is 5.92 Å². The Kier molecular flexibility index (Phi) is 5.14. The summed E-state index contributed by atoms with van der Waals surface area (Å²) in [5, 5.41) is 9.45. The summed E-state index contributed by atoms with van der Waals surface area (Å²) in [6.07, 6.45) is 11.6. The molecule has 1 aliphatic carbocycles. The maximum atomic E-state index is 9.45. The summed E-state index contributed by atoms with van der Waals surface area (Å²) < 4.78 is 0. The van der Waals surface area contributed by atoms with Crippen LogP contribution >= 0.6 is 0 Å². The second-order valence-corrected chi connectivity index (χ2v) is 4.26. The monoisotopic (exact) mass is 182 g/mol. The Bertz CT molecular complexity index is 136. The number of hydrogen-bond acceptors (Lipinski definition) is 1. The lowest BCUT2D eigenvalue weighted by molar-refractivity contribution is 0.162. The molecule has 1 unspecified atom stereocenters. The third-order valence-electron chi connectivity index (χ3n) is 3.06. The van der Waals surface area contributed by atoms with Crippen LogP contribution in [0.4, 0.5) is 0 Å². The van der Waals surface area contributed by atoms with E-state index in [1.54, 1.807) is 6.08 Å². The largest absolute Gasteiger partial charge is 0.393 e. The van der Waals surface area contributed by atoms with Crippen molar-refractivity contribution in [3.8, 4) is 0 Å². The molecule has 1 aliphatic rings. The summed E-state index contributed by atoms with van der Waals surface area (Å²) in [7, 11) is 0. The SMILES string of the molecule is C=CCC(O)CCCC1CCCC1. The lowest BCUT2D eigenvalue weighted by atomic mass is 9.98. The van der Waals surface area contributed by atoms with Crippen molar-refractivity contribution in [1.29, 1.82) is 0 Å². The first-order chi connectivity index (χ1) is 6.33. The van der Waals surface area contributed by atoms with Gasteiger partial charge in [0.05, 0.1) is 6.10 Å². The van der Waals surface area contributed by atoms with Gasteiger partial charge in [0.15, 0.2) is 0 Å². The molecule has 1 nitrogen and oxygen atoms in total. The Labute approximate surface area is 81.9 Å². The molecule has 1 atom stereocenters. The predicted molar refractivity (Wildman–Crippen MR) is 56.6 cm³/mol. The molecule has 1 fully saturated rings. The van der Waals surface area contributed by atoms with Crippen LogP contribution in [0.2, 0.25) is 0 Å². The van der Waals surface area contributed by atoms with Crippen molar-refractivity contribution in [2.75, 3.05) is 0 Å². The van der Waals surface area contributed by atoms with Crippen LogP contribution in [-0.2, 0) is 0 Å². The molecule has 1 N–H and O–H groups in total. The molecule has 0 heterocycles. The number of hydrogen-bond donors (Lipinski definition) is 1. The highest BCUT2D eigenvalue weighted by molar-refractivity contribution is 4.73. The molecule has 0 spiro atoms. The Hall–Kier alpha value is -0.300. The zero-order valence-corrected chi connectivity index (χ0v) is 8.54. The van der Waals surface area contributed by atoms with Gasteiger partial charge in [-0.15, -0.1) is 6.58 Å². The van der Waals surface area contributed by atoms with E-state index in [0.717, 1.165) is 18.8 Å². The lowest BCUT2D eigenvalue weighted by Gasteiger charge is -2.10. The molecule has 0 amide bonds. The second-order valence-electron chi connectivity index (χ2n) is 4.26. The van der Waals surface area contributed by atoms with Crippen LogP contribution in [-0.4, -0.2) is 11.2 Å². The first-order valence-electron chi connectivity index (χ1n) is 5.62. The van der Waals surface area contributed by atoms with E-state index >= 15 is 0 Å². The molecule has 0 aliphatic heterocycles. The lowest BCUT2D eigenvalue weighted by Crippen LogP contribution is -2.05. The summed E-state index contributed by atoms with van der Waals surface area (Å²) in [6, 6.07) is 0. The minimum absolute atomic E-state index is 0.140. The minimum Gasteiger partial charge on any atom is -0.393 e. The highest BCUT2D eigenvalue weighted by Gasteiger charge is 2.14. The molecule has 1 rings (SSSR count). The zero-order chi connectivity index (χ0) is 9.52. The molecule has 1 heteroatoms. The fourth-order valence-corrected chi connectivity index (χ4v) is 2.25. The van der Waals surface area contributed by atoms with Gasteiger partial charge in [0.2, 0.25) is 0 Å². The molecule has 1 saturated carbocycles. The van der Waals surface area contributed by atoms with E-state index in [9.17, 15) is 5.11 Å². The van der Waals surface area contributed by atoms with Crippen molar-refractivity contribution in [2.45, 2.75) is 57.5 Å². The Morgan fingerprint density at radius 2 is 2.08 bits per heavy atom. The average molecular weight is 182 g/mol. The minimum atomic E-state index is -0.140. The highest BCUT2D eigenvalue weighted by Crippen LogP contribution is 2.29. The van der Waals surface area contributed by atoms with Crippen molar-refractivity contribution in [3.05, 3.63) is 12.7 Å². The van der Waals surface area contributed by atoms with Gasteiger partial charge in [-0.2, -0.15) is 0 Å². The molecular weight excluding hydrogens is 160 g/mol. The maximum Gasteiger partial charge on any atom is 0.0574 e. The van der Waals surface area contributed by atoms with Crippen LogP contribution < -0.4 is 0 Å². The van der Waals surface area contributed by atoms with Crippen molar-refractivity contribution in [1.82, 2.24) is 0 Å². The fourth-order valence-electron chi connectivity index (χ4n) is 2.25. The highest BCUT2D eigenvalue weighted by atomic mass is 16.3. The van der Waals surface area contributed by atoms with Crippen LogP contribution in [0.3, 0.4) is 0 Å². The predicted octanol–water partition coefficient (Wildman–Crippen LogP) is 3.28. The number of aliphatic hydroxyl groups is 1. The molecule has 0 radical (unpaired) electrons. The van der Waals surface area contributed by atoms with Gasteiger partial charge in [-0.1, -0.05) is 44.6 Å². The first-order valence-corrected chi connectivity index (χ1v) is 5.62. The van der Waals surface area contributed by atoms with E-state index in [4.69, 9.17) is 0 Å². The van der Waals surface area contributed by atoms with Gasteiger partial charge in [-0.3, -0.25) is 0 Å². The molecule has 76 valence electrons. The normalized spacial score (nSPS) is 20.4.